The van der Waals surface area contributed by atoms with Gasteiger partial charge in [0.05, 0.1) is 20.3 Å². The first-order valence-electron chi connectivity index (χ1n) is 7.12. The molecular weight excluding hydrogens is 268 g/mol. The maximum atomic E-state index is 9.83. The maximum Gasteiger partial charge on any atom is 0.161 e. The highest BCUT2D eigenvalue weighted by Gasteiger charge is 2.10. The van der Waals surface area contributed by atoms with Gasteiger partial charge in [0, 0.05) is 18.1 Å². The summed E-state index contributed by atoms with van der Waals surface area (Å²) in [4.78, 5) is 4.35. The number of benzene rings is 1. The Kier molecular flexibility index (Phi) is 5.22. The number of nitrogens with zero attached hydrogens (tertiary/aromatic N) is 1. The number of aliphatic hydroxyl groups excluding tert-OH is 1. The highest BCUT2D eigenvalue weighted by atomic mass is 16.5. The number of nitrogens with one attached hydrogen (secondary N) is 1. The summed E-state index contributed by atoms with van der Waals surface area (Å²) < 4.78 is 10.6. The van der Waals surface area contributed by atoms with Gasteiger partial charge in [-0.3, -0.25) is 0 Å². The topological polar surface area (TPSA) is 63.6 Å². The molecule has 0 aliphatic rings. The van der Waals surface area contributed by atoms with Crippen molar-refractivity contribution < 1.29 is 14.6 Å². The van der Waals surface area contributed by atoms with Crippen LogP contribution >= 0.6 is 0 Å². The van der Waals surface area contributed by atoms with Gasteiger partial charge in [0.15, 0.2) is 11.5 Å². The van der Waals surface area contributed by atoms with Crippen molar-refractivity contribution in [2.75, 3.05) is 26.1 Å². The Morgan fingerprint density at radius 1 is 1.24 bits per heavy atom. The Morgan fingerprint density at radius 3 is 2.62 bits per heavy atom. The summed E-state index contributed by atoms with van der Waals surface area (Å²) in [6.07, 6.45) is 3.10. The van der Waals surface area contributed by atoms with Gasteiger partial charge in [-0.05, 0) is 30.0 Å². The predicted molar refractivity (Wildman–Crippen MR) is 84.3 cm³/mol. The Morgan fingerprint density at radius 2 is 1.95 bits per heavy atom. The second kappa shape index (κ2) is 7.13. The minimum absolute atomic E-state index is 0.368. The van der Waals surface area contributed by atoms with E-state index in [0.29, 0.717) is 18.0 Å². The number of aliphatic hydroxyl groups is 1. The lowest BCUT2D eigenvalue weighted by atomic mass is 10.1. The van der Waals surface area contributed by atoms with E-state index in [-0.39, 0.29) is 6.10 Å². The molecule has 5 heteroatoms. The molecule has 0 bridgehead atoms. The number of hydrogen-bond acceptors (Lipinski definition) is 5. The maximum absolute atomic E-state index is 9.83. The first-order valence-corrected chi connectivity index (χ1v) is 7.12. The van der Waals surface area contributed by atoms with Crippen LogP contribution in [0.5, 0.6) is 11.5 Å². The highest BCUT2D eigenvalue weighted by Crippen LogP contribution is 2.34. The SMILES string of the molecule is CCCC(O)CNc1nccc2cc(OC)c(OC)cc12. The summed E-state index contributed by atoms with van der Waals surface area (Å²) in [6.45, 7) is 2.53. The number of rotatable bonds is 7. The van der Waals surface area contributed by atoms with Crippen LogP contribution in [0.2, 0.25) is 0 Å². The van der Waals surface area contributed by atoms with Crippen LogP contribution in [0.15, 0.2) is 24.4 Å². The summed E-state index contributed by atoms with van der Waals surface area (Å²) in [5.41, 5.74) is 0. The van der Waals surface area contributed by atoms with Crippen molar-refractivity contribution in [1.82, 2.24) is 4.98 Å². The van der Waals surface area contributed by atoms with Crippen LogP contribution < -0.4 is 14.8 Å². The molecule has 1 atom stereocenters. The number of hydrogen-bond donors (Lipinski definition) is 2. The molecule has 0 saturated carbocycles. The van der Waals surface area contributed by atoms with Crippen molar-refractivity contribution in [3.8, 4) is 11.5 Å². The van der Waals surface area contributed by atoms with Crippen LogP contribution in [0.1, 0.15) is 19.8 Å². The van der Waals surface area contributed by atoms with Gasteiger partial charge in [0.1, 0.15) is 5.82 Å². The van der Waals surface area contributed by atoms with E-state index in [4.69, 9.17) is 9.47 Å². The number of fused-ring (bicyclic) bond motifs is 1. The molecule has 2 aromatic rings. The van der Waals surface area contributed by atoms with Gasteiger partial charge in [0.2, 0.25) is 0 Å². The molecule has 1 aromatic carbocycles. The minimum atomic E-state index is -0.368. The fourth-order valence-electron chi connectivity index (χ4n) is 2.29. The fourth-order valence-corrected chi connectivity index (χ4v) is 2.29. The third-order valence-corrected chi connectivity index (χ3v) is 3.40. The van der Waals surface area contributed by atoms with Gasteiger partial charge >= 0.3 is 0 Å². The van der Waals surface area contributed by atoms with Crippen molar-refractivity contribution >= 4 is 16.6 Å². The molecular formula is C16H22N2O3. The van der Waals surface area contributed by atoms with E-state index in [1.54, 1.807) is 20.4 Å². The highest BCUT2D eigenvalue weighted by molar-refractivity contribution is 5.94. The van der Waals surface area contributed by atoms with Gasteiger partial charge in [-0.2, -0.15) is 0 Å². The molecule has 0 amide bonds. The summed E-state index contributed by atoms with van der Waals surface area (Å²) in [5, 5.41) is 15.0. The number of methoxy groups -OCH3 is 2. The van der Waals surface area contributed by atoms with E-state index >= 15 is 0 Å². The summed E-state index contributed by atoms with van der Waals surface area (Å²) in [7, 11) is 3.23. The summed E-state index contributed by atoms with van der Waals surface area (Å²) in [5.74, 6) is 2.09. The average Bonchev–Trinajstić information content (AvgIpc) is 2.51. The Labute approximate surface area is 124 Å². The third kappa shape index (κ3) is 3.55. The standard InChI is InChI=1S/C16H22N2O3/c1-4-5-12(19)10-18-16-13-9-15(21-3)14(20-2)8-11(13)6-7-17-16/h6-9,12,19H,4-5,10H2,1-3H3,(H,17,18). The molecule has 0 fully saturated rings. The minimum Gasteiger partial charge on any atom is -0.493 e. The van der Waals surface area contributed by atoms with E-state index in [2.05, 4.69) is 17.2 Å². The molecule has 0 aliphatic carbocycles. The van der Waals surface area contributed by atoms with Gasteiger partial charge in [-0.15, -0.1) is 0 Å². The van der Waals surface area contributed by atoms with Crippen LogP contribution in [0, 0.1) is 0 Å². The average molecular weight is 290 g/mol. The van der Waals surface area contributed by atoms with Gasteiger partial charge in [-0.25, -0.2) is 4.98 Å². The van der Waals surface area contributed by atoms with Crippen LogP contribution in [-0.4, -0.2) is 37.0 Å². The smallest absolute Gasteiger partial charge is 0.161 e. The molecule has 1 unspecified atom stereocenters. The molecule has 21 heavy (non-hydrogen) atoms. The normalized spacial score (nSPS) is 12.2. The van der Waals surface area contributed by atoms with E-state index in [1.807, 2.05) is 18.2 Å². The zero-order chi connectivity index (χ0) is 15.2. The molecule has 2 N–H and O–H groups in total. The zero-order valence-electron chi connectivity index (χ0n) is 12.7. The number of anilines is 1. The molecule has 0 aliphatic heterocycles. The van der Waals surface area contributed by atoms with Crippen molar-refractivity contribution in [1.29, 1.82) is 0 Å². The predicted octanol–water partition coefficient (Wildman–Crippen LogP) is 2.82. The lowest BCUT2D eigenvalue weighted by molar-refractivity contribution is 0.176. The molecule has 1 heterocycles. The molecule has 1 aromatic heterocycles. The first-order chi connectivity index (χ1) is 10.2. The van der Waals surface area contributed by atoms with Crippen molar-refractivity contribution in [3.05, 3.63) is 24.4 Å². The summed E-state index contributed by atoms with van der Waals surface area (Å²) >= 11 is 0. The summed E-state index contributed by atoms with van der Waals surface area (Å²) in [6, 6.07) is 5.74. The van der Waals surface area contributed by atoms with Crippen LogP contribution in [-0.2, 0) is 0 Å². The van der Waals surface area contributed by atoms with Crippen LogP contribution in [0.25, 0.3) is 10.8 Å². The molecule has 114 valence electrons. The van der Waals surface area contributed by atoms with Gasteiger partial charge < -0.3 is 19.9 Å². The largest absolute Gasteiger partial charge is 0.493 e. The quantitative estimate of drug-likeness (QED) is 0.821. The second-order valence-corrected chi connectivity index (χ2v) is 4.91. The number of aromatic nitrogens is 1. The van der Waals surface area contributed by atoms with E-state index in [0.717, 1.165) is 29.4 Å². The molecule has 0 saturated heterocycles. The van der Waals surface area contributed by atoms with E-state index in [1.165, 1.54) is 0 Å². The monoisotopic (exact) mass is 290 g/mol. The Hall–Kier alpha value is -2.01. The fraction of sp³-hybridized carbons (Fsp3) is 0.438. The molecule has 5 nitrogen and oxygen atoms in total. The van der Waals surface area contributed by atoms with Crippen molar-refractivity contribution in [3.63, 3.8) is 0 Å². The van der Waals surface area contributed by atoms with E-state index < -0.39 is 0 Å². The Balaban J connectivity index is 2.31. The zero-order valence-corrected chi connectivity index (χ0v) is 12.7. The third-order valence-electron chi connectivity index (χ3n) is 3.40. The van der Waals surface area contributed by atoms with Crippen molar-refractivity contribution in [2.24, 2.45) is 0 Å². The van der Waals surface area contributed by atoms with Gasteiger partial charge in [-0.1, -0.05) is 13.3 Å². The van der Waals surface area contributed by atoms with Crippen LogP contribution in [0.3, 0.4) is 0 Å². The van der Waals surface area contributed by atoms with Gasteiger partial charge in [0.25, 0.3) is 0 Å². The first kappa shape index (κ1) is 15.4. The van der Waals surface area contributed by atoms with Crippen LogP contribution in [0.4, 0.5) is 5.82 Å². The molecule has 0 radical (unpaired) electrons. The number of pyridine rings is 1. The lowest BCUT2D eigenvalue weighted by Crippen LogP contribution is -2.19. The lowest BCUT2D eigenvalue weighted by Gasteiger charge is -2.14. The Bertz CT molecular complexity index is 601. The molecule has 0 spiro atoms. The van der Waals surface area contributed by atoms with E-state index in [9.17, 15) is 5.11 Å². The number of ether oxygens (including phenoxy) is 2. The second-order valence-electron chi connectivity index (χ2n) is 4.91. The molecule has 2 rings (SSSR count). The van der Waals surface area contributed by atoms with Crippen molar-refractivity contribution in [2.45, 2.75) is 25.9 Å².